The maximum absolute atomic E-state index is 11.8. The second-order valence-electron chi connectivity index (χ2n) is 4.92. The summed E-state index contributed by atoms with van der Waals surface area (Å²) in [5, 5.41) is 11.6. The van der Waals surface area contributed by atoms with Crippen LogP contribution >= 0.6 is 0 Å². The lowest BCUT2D eigenvalue weighted by Crippen LogP contribution is -2.84. The number of benzene rings is 1. The fraction of sp³-hybridized carbons (Fsp3) is 0.400. The van der Waals surface area contributed by atoms with E-state index in [2.05, 4.69) is 25.6 Å². The minimum Gasteiger partial charge on any atom is -0.493 e. The highest BCUT2D eigenvalue weighted by molar-refractivity contribution is 5.95. The number of anilines is 1. The molecule has 2 aromatic rings. The van der Waals surface area contributed by atoms with Crippen LogP contribution in [-0.4, -0.2) is 43.0 Å². The number of hydrogen-bond acceptors (Lipinski definition) is 7. The van der Waals surface area contributed by atoms with E-state index in [0.29, 0.717) is 32.0 Å². The van der Waals surface area contributed by atoms with Crippen LogP contribution in [-0.2, 0) is 6.54 Å². The fourth-order valence-corrected chi connectivity index (χ4v) is 2.17. The fourth-order valence-electron chi connectivity index (χ4n) is 2.17. The number of carbonyl (C=O) groups excluding carboxylic acids is 1. The Morgan fingerprint density at radius 1 is 1.42 bits per heavy atom. The molecule has 9 nitrogen and oxygen atoms in total. The molecule has 0 aliphatic rings. The van der Waals surface area contributed by atoms with Crippen molar-refractivity contribution in [2.24, 2.45) is 0 Å². The zero-order chi connectivity index (χ0) is 17.4. The molecule has 0 fully saturated rings. The molecular formula is C15H22N5O4+. The van der Waals surface area contributed by atoms with Gasteiger partial charge >= 0.3 is 0 Å². The summed E-state index contributed by atoms with van der Waals surface area (Å²) in [6.07, 6.45) is 0. The summed E-state index contributed by atoms with van der Waals surface area (Å²) < 4.78 is 15.4. The van der Waals surface area contributed by atoms with E-state index < -0.39 is 5.91 Å². The molecule has 2 rings (SSSR count). The Labute approximate surface area is 139 Å². The molecule has 1 aromatic carbocycles. The minimum absolute atomic E-state index is 0.00132. The molecule has 9 heteroatoms. The number of ether oxygens (including phenoxy) is 2. The number of nitrogen functional groups attached to an aromatic ring is 1. The SMILES string of the molecule is CCOc1c(C[NH2+]CCNC(=O)c2nonc2N)cccc1OC. The maximum atomic E-state index is 11.8. The van der Waals surface area contributed by atoms with Gasteiger partial charge in [-0.25, -0.2) is 4.63 Å². The molecule has 24 heavy (non-hydrogen) atoms. The van der Waals surface area contributed by atoms with Crippen molar-refractivity contribution in [2.45, 2.75) is 13.5 Å². The van der Waals surface area contributed by atoms with E-state index in [4.69, 9.17) is 15.2 Å². The lowest BCUT2D eigenvalue weighted by atomic mass is 10.2. The highest BCUT2D eigenvalue weighted by Gasteiger charge is 2.15. The van der Waals surface area contributed by atoms with Crippen LogP contribution in [0.2, 0.25) is 0 Å². The molecule has 0 aliphatic heterocycles. The number of aromatic nitrogens is 2. The normalized spacial score (nSPS) is 10.4. The van der Waals surface area contributed by atoms with Gasteiger partial charge in [-0.3, -0.25) is 4.79 Å². The number of para-hydroxylation sites is 1. The van der Waals surface area contributed by atoms with Crippen LogP contribution in [0.1, 0.15) is 23.0 Å². The van der Waals surface area contributed by atoms with Gasteiger partial charge in [0.05, 0.1) is 32.4 Å². The monoisotopic (exact) mass is 336 g/mol. The van der Waals surface area contributed by atoms with E-state index in [-0.39, 0.29) is 11.5 Å². The summed E-state index contributed by atoms with van der Waals surface area (Å²) in [7, 11) is 1.62. The van der Waals surface area contributed by atoms with Crippen LogP contribution in [0.3, 0.4) is 0 Å². The van der Waals surface area contributed by atoms with Crippen LogP contribution in [0.15, 0.2) is 22.8 Å². The number of hydrogen-bond donors (Lipinski definition) is 3. The van der Waals surface area contributed by atoms with Gasteiger partial charge in [-0.1, -0.05) is 6.07 Å². The Morgan fingerprint density at radius 2 is 2.25 bits per heavy atom. The number of quaternary nitrogens is 1. The standard InChI is InChI=1S/C15H21N5O4/c1-3-23-13-10(5-4-6-11(13)22-2)9-17-7-8-18-15(21)12-14(16)20-24-19-12/h4-6,17H,3,7-9H2,1-2H3,(H2,16,20)(H,18,21)/p+1. The second-order valence-corrected chi connectivity index (χ2v) is 4.92. The third kappa shape index (κ3) is 4.35. The van der Waals surface area contributed by atoms with Crippen LogP contribution in [0.4, 0.5) is 5.82 Å². The number of methoxy groups -OCH3 is 1. The van der Waals surface area contributed by atoms with E-state index >= 15 is 0 Å². The van der Waals surface area contributed by atoms with Gasteiger partial charge in [0.2, 0.25) is 11.5 Å². The van der Waals surface area contributed by atoms with Gasteiger partial charge in [-0.05, 0) is 29.4 Å². The average Bonchev–Trinajstić information content (AvgIpc) is 3.02. The second kappa shape index (κ2) is 8.73. The molecule has 5 N–H and O–H groups in total. The van der Waals surface area contributed by atoms with E-state index in [1.165, 1.54) is 0 Å². The molecule has 1 heterocycles. The van der Waals surface area contributed by atoms with Crippen LogP contribution < -0.4 is 25.8 Å². The molecule has 0 saturated carbocycles. The summed E-state index contributed by atoms with van der Waals surface area (Å²) >= 11 is 0. The van der Waals surface area contributed by atoms with Crippen molar-refractivity contribution in [2.75, 3.05) is 32.5 Å². The lowest BCUT2D eigenvalue weighted by molar-refractivity contribution is -0.668. The van der Waals surface area contributed by atoms with Gasteiger partial charge < -0.3 is 25.8 Å². The van der Waals surface area contributed by atoms with E-state index in [1.807, 2.05) is 25.1 Å². The summed E-state index contributed by atoms with van der Waals surface area (Å²) in [5.41, 5.74) is 6.49. The molecular weight excluding hydrogens is 314 g/mol. The molecule has 1 amide bonds. The Hall–Kier alpha value is -2.81. The Balaban J connectivity index is 1.80. The van der Waals surface area contributed by atoms with Crippen molar-refractivity contribution in [1.82, 2.24) is 15.6 Å². The Morgan fingerprint density at radius 3 is 2.92 bits per heavy atom. The maximum Gasteiger partial charge on any atom is 0.277 e. The molecule has 1 aromatic heterocycles. The molecule has 0 saturated heterocycles. The van der Waals surface area contributed by atoms with Gasteiger partial charge in [0.1, 0.15) is 6.54 Å². The van der Waals surface area contributed by atoms with Gasteiger partial charge in [0.25, 0.3) is 5.91 Å². The molecule has 0 atom stereocenters. The van der Waals surface area contributed by atoms with Crippen LogP contribution in [0.25, 0.3) is 0 Å². The number of nitrogens with zero attached hydrogens (tertiary/aromatic N) is 2. The number of nitrogens with two attached hydrogens (primary N) is 2. The quantitative estimate of drug-likeness (QED) is 0.529. The summed E-state index contributed by atoms with van der Waals surface area (Å²) in [5.74, 6) is 1.04. The van der Waals surface area contributed by atoms with E-state index in [1.54, 1.807) is 7.11 Å². The summed E-state index contributed by atoms with van der Waals surface area (Å²) in [6.45, 7) is 4.34. The third-order valence-electron chi connectivity index (χ3n) is 3.30. The van der Waals surface area contributed by atoms with E-state index in [9.17, 15) is 4.79 Å². The smallest absolute Gasteiger partial charge is 0.277 e. The minimum atomic E-state index is -0.404. The molecule has 0 bridgehead atoms. The highest BCUT2D eigenvalue weighted by atomic mass is 16.6. The molecule has 0 spiro atoms. The van der Waals surface area contributed by atoms with Crippen molar-refractivity contribution >= 4 is 11.7 Å². The zero-order valence-corrected chi connectivity index (χ0v) is 13.7. The van der Waals surface area contributed by atoms with Crippen LogP contribution in [0, 0.1) is 0 Å². The summed E-state index contributed by atoms with van der Waals surface area (Å²) in [6, 6.07) is 5.78. The number of carbonyl (C=O) groups is 1. The predicted molar refractivity (Wildman–Crippen MR) is 85.7 cm³/mol. The Kier molecular flexibility index (Phi) is 6.38. The van der Waals surface area contributed by atoms with Gasteiger partial charge in [-0.2, -0.15) is 0 Å². The van der Waals surface area contributed by atoms with Gasteiger partial charge in [0, 0.05) is 0 Å². The third-order valence-corrected chi connectivity index (χ3v) is 3.30. The first-order valence-electron chi connectivity index (χ1n) is 7.64. The van der Waals surface area contributed by atoms with Crippen molar-refractivity contribution in [1.29, 1.82) is 0 Å². The largest absolute Gasteiger partial charge is 0.493 e. The summed E-state index contributed by atoms with van der Waals surface area (Å²) in [4.78, 5) is 11.8. The van der Waals surface area contributed by atoms with Crippen molar-refractivity contribution in [3.63, 3.8) is 0 Å². The first kappa shape index (κ1) is 17.5. The van der Waals surface area contributed by atoms with Crippen molar-refractivity contribution in [3.05, 3.63) is 29.5 Å². The number of rotatable bonds is 9. The molecule has 130 valence electrons. The molecule has 0 radical (unpaired) electrons. The highest BCUT2D eigenvalue weighted by Crippen LogP contribution is 2.30. The van der Waals surface area contributed by atoms with Gasteiger partial charge in [-0.15, -0.1) is 0 Å². The first-order chi connectivity index (χ1) is 11.7. The number of amides is 1. The number of nitrogens with one attached hydrogen (secondary N) is 1. The van der Waals surface area contributed by atoms with Gasteiger partial charge in [0.15, 0.2) is 11.5 Å². The van der Waals surface area contributed by atoms with Crippen LogP contribution in [0.5, 0.6) is 11.5 Å². The first-order valence-corrected chi connectivity index (χ1v) is 7.64. The van der Waals surface area contributed by atoms with Crippen molar-refractivity contribution in [3.8, 4) is 11.5 Å². The lowest BCUT2D eigenvalue weighted by Gasteiger charge is -2.13. The topological polar surface area (TPSA) is 129 Å². The Bertz CT molecular complexity index is 674. The van der Waals surface area contributed by atoms with E-state index in [0.717, 1.165) is 11.3 Å². The molecule has 0 aliphatic carbocycles. The zero-order valence-electron chi connectivity index (χ0n) is 13.7. The average molecular weight is 336 g/mol. The molecule has 0 unspecified atom stereocenters. The van der Waals surface area contributed by atoms with Crippen molar-refractivity contribution < 1.29 is 24.2 Å². The predicted octanol–water partition coefficient (Wildman–Crippen LogP) is -0.447.